The molecule has 0 fully saturated rings. The highest BCUT2D eigenvalue weighted by Crippen LogP contribution is 2.02. The van der Waals surface area contributed by atoms with Crippen LogP contribution >= 0.6 is 0 Å². The summed E-state index contributed by atoms with van der Waals surface area (Å²) in [5.41, 5.74) is 6.75. The first kappa shape index (κ1) is 11.6. The van der Waals surface area contributed by atoms with Gasteiger partial charge in [0.1, 0.15) is 0 Å². The number of aliphatic hydroxyl groups is 1. The number of benzene rings is 1. The second-order valence-corrected chi connectivity index (χ2v) is 3.28. The third-order valence-electron chi connectivity index (χ3n) is 2.05. The van der Waals surface area contributed by atoms with E-state index in [4.69, 9.17) is 10.8 Å². The Balaban J connectivity index is 2.52. The fourth-order valence-corrected chi connectivity index (χ4v) is 1.26. The van der Waals surface area contributed by atoms with Crippen molar-refractivity contribution >= 4 is 5.78 Å². The van der Waals surface area contributed by atoms with Gasteiger partial charge in [-0.15, -0.1) is 0 Å². The summed E-state index contributed by atoms with van der Waals surface area (Å²) < 4.78 is 0. The lowest BCUT2D eigenvalue weighted by atomic mass is 10.0. The molecule has 3 heteroatoms. The van der Waals surface area contributed by atoms with Gasteiger partial charge in [-0.1, -0.05) is 36.4 Å². The van der Waals surface area contributed by atoms with Crippen LogP contribution in [0.3, 0.4) is 0 Å². The summed E-state index contributed by atoms with van der Waals surface area (Å²) in [6.07, 6.45) is 3.25. The number of aliphatic hydroxyl groups excluding tert-OH is 1. The zero-order valence-electron chi connectivity index (χ0n) is 8.47. The Morgan fingerprint density at radius 2 is 2.07 bits per heavy atom. The van der Waals surface area contributed by atoms with E-state index >= 15 is 0 Å². The third-order valence-corrected chi connectivity index (χ3v) is 2.05. The monoisotopic (exact) mass is 205 g/mol. The molecule has 0 amide bonds. The smallest absolute Gasteiger partial charge is 0.172 e. The fraction of sp³-hybridized carbons (Fsp3) is 0.250. The third kappa shape index (κ3) is 4.06. The summed E-state index contributed by atoms with van der Waals surface area (Å²) in [5, 5.41) is 8.51. The molecule has 0 saturated carbocycles. The first-order chi connectivity index (χ1) is 7.24. The van der Waals surface area contributed by atoms with Crippen molar-refractivity contribution in [1.29, 1.82) is 0 Å². The lowest BCUT2D eigenvalue weighted by Crippen LogP contribution is -2.31. The van der Waals surface area contributed by atoms with Crippen LogP contribution < -0.4 is 5.73 Å². The van der Waals surface area contributed by atoms with Crippen molar-refractivity contribution in [3.63, 3.8) is 0 Å². The van der Waals surface area contributed by atoms with Gasteiger partial charge in [-0.2, -0.15) is 0 Å². The molecule has 0 aliphatic heterocycles. The molecule has 0 saturated heterocycles. The second-order valence-electron chi connectivity index (χ2n) is 3.28. The van der Waals surface area contributed by atoms with E-state index < -0.39 is 6.04 Å². The van der Waals surface area contributed by atoms with Crippen molar-refractivity contribution < 1.29 is 9.90 Å². The van der Waals surface area contributed by atoms with Crippen LogP contribution in [-0.2, 0) is 11.2 Å². The van der Waals surface area contributed by atoms with Crippen LogP contribution in [0.2, 0.25) is 0 Å². The minimum atomic E-state index is -0.532. The highest BCUT2D eigenvalue weighted by atomic mass is 16.2. The first-order valence-electron chi connectivity index (χ1n) is 4.85. The highest BCUT2D eigenvalue weighted by Gasteiger charge is 2.10. The molecular weight excluding hydrogens is 190 g/mol. The Bertz CT molecular complexity index is 333. The number of rotatable bonds is 5. The molecule has 1 aromatic rings. The Kier molecular flexibility index (Phi) is 4.74. The van der Waals surface area contributed by atoms with Gasteiger partial charge in [-0.25, -0.2) is 0 Å². The van der Waals surface area contributed by atoms with Crippen molar-refractivity contribution in [2.24, 2.45) is 5.73 Å². The van der Waals surface area contributed by atoms with E-state index in [-0.39, 0.29) is 12.4 Å². The molecule has 0 heterocycles. The average molecular weight is 205 g/mol. The molecule has 1 unspecified atom stereocenters. The van der Waals surface area contributed by atoms with Crippen molar-refractivity contribution in [1.82, 2.24) is 0 Å². The van der Waals surface area contributed by atoms with Gasteiger partial charge in [0.25, 0.3) is 0 Å². The molecule has 15 heavy (non-hydrogen) atoms. The maximum atomic E-state index is 11.4. The summed E-state index contributed by atoms with van der Waals surface area (Å²) in [5.74, 6) is -0.159. The molecule has 3 N–H and O–H groups in total. The molecule has 0 aliphatic rings. The van der Waals surface area contributed by atoms with Gasteiger partial charge in [0.05, 0.1) is 12.6 Å². The molecule has 3 nitrogen and oxygen atoms in total. The van der Waals surface area contributed by atoms with E-state index in [2.05, 4.69) is 0 Å². The Labute approximate surface area is 89.2 Å². The van der Waals surface area contributed by atoms with Crippen LogP contribution in [0.15, 0.2) is 42.5 Å². The topological polar surface area (TPSA) is 63.3 Å². The van der Waals surface area contributed by atoms with Crippen LogP contribution in [0.1, 0.15) is 5.56 Å². The van der Waals surface area contributed by atoms with Crippen molar-refractivity contribution in [3.05, 3.63) is 48.0 Å². The average Bonchev–Trinajstić information content (AvgIpc) is 2.27. The number of nitrogens with two attached hydrogens (primary N) is 1. The molecule has 80 valence electrons. The maximum absolute atomic E-state index is 11.4. The molecule has 1 aromatic carbocycles. The summed E-state index contributed by atoms with van der Waals surface area (Å²) in [4.78, 5) is 11.4. The van der Waals surface area contributed by atoms with Crippen LogP contribution in [0.25, 0.3) is 0 Å². The number of ketones is 1. The highest BCUT2D eigenvalue weighted by molar-refractivity contribution is 5.94. The van der Waals surface area contributed by atoms with Gasteiger partial charge in [-0.3, -0.25) is 4.79 Å². The molecule has 0 bridgehead atoms. The van der Waals surface area contributed by atoms with E-state index in [1.807, 2.05) is 30.3 Å². The second kappa shape index (κ2) is 6.11. The summed E-state index contributed by atoms with van der Waals surface area (Å²) in [6.45, 7) is -0.135. The Morgan fingerprint density at radius 1 is 1.40 bits per heavy atom. The first-order valence-corrected chi connectivity index (χ1v) is 4.85. The van der Waals surface area contributed by atoms with Gasteiger partial charge in [0, 0.05) is 0 Å². The fourth-order valence-electron chi connectivity index (χ4n) is 1.26. The Morgan fingerprint density at radius 3 is 2.67 bits per heavy atom. The van der Waals surface area contributed by atoms with Gasteiger partial charge < -0.3 is 10.8 Å². The van der Waals surface area contributed by atoms with Crippen molar-refractivity contribution in [3.8, 4) is 0 Å². The molecule has 1 atom stereocenters. The van der Waals surface area contributed by atoms with Gasteiger partial charge in [0.15, 0.2) is 5.78 Å². The van der Waals surface area contributed by atoms with E-state index in [0.717, 1.165) is 5.56 Å². The summed E-state index contributed by atoms with van der Waals surface area (Å²) in [7, 11) is 0. The predicted molar refractivity (Wildman–Crippen MR) is 59.4 cm³/mol. The van der Waals surface area contributed by atoms with Crippen molar-refractivity contribution in [2.45, 2.75) is 12.5 Å². The van der Waals surface area contributed by atoms with E-state index in [9.17, 15) is 4.79 Å². The van der Waals surface area contributed by atoms with Crippen LogP contribution in [-0.4, -0.2) is 23.5 Å². The maximum Gasteiger partial charge on any atom is 0.172 e. The van der Waals surface area contributed by atoms with Gasteiger partial charge in [0.2, 0.25) is 0 Å². The lowest BCUT2D eigenvalue weighted by Gasteiger charge is -2.07. The standard InChI is InChI=1S/C12H15NO2/c13-11(12(15)7-4-8-14)9-10-5-2-1-3-6-10/h1-7,11,14H,8-9,13H2. The van der Waals surface area contributed by atoms with Crippen LogP contribution in [0.4, 0.5) is 0 Å². The van der Waals surface area contributed by atoms with Crippen molar-refractivity contribution in [2.75, 3.05) is 6.61 Å². The van der Waals surface area contributed by atoms with Crippen LogP contribution in [0.5, 0.6) is 0 Å². The van der Waals surface area contributed by atoms with Crippen LogP contribution in [0, 0.1) is 0 Å². The van der Waals surface area contributed by atoms with E-state index in [1.165, 1.54) is 12.2 Å². The van der Waals surface area contributed by atoms with E-state index in [1.54, 1.807) is 0 Å². The predicted octanol–water partition coefficient (Wildman–Crippen LogP) is 0.674. The number of carbonyl (C=O) groups is 1. The zero-order valence-corrected chi connectivity index (χ0v) is 8.47. The minimum absolute atomic E-state index is 0.135. The summed E-state index contributed by atoms with van der Waals surface area (Å²) in [6, 6.07) is 9.08. The number of hydrogen-bond acceptors (Lipinski definition) is 3. The van der Waals surface area contributed by atoms with Gasteiger partial charge in [-0.05, 0) is 18.1 Å². The Hall–Kier alpha value is -1.45. The summed E-state index contributed by atoms with van der Waals surface area (Å²) >= 11 is 0. The molecular formula is C12H15NO2. The minimum Gasteiger partial charge on any atom is -0.392 e. The number of hydrogen-bond donors (Lipinski definition) is 2. The largest absolute Gasteiger partial charge is 0.392 e. The SMILES string of the molecule is NC(Cc1ccccc1)C(=O)C=CCO. The van der Waals surface area contributed by atoms with E-state index in [0.29, 0.717) is 6.42 Å². The molecule has 0 aromatic heterocycles. The molecule has 1 rings (SSSR count). The quantitative estimate of drug-likeness (QED) is 0.695. The number of carbonyl (C=O) groups excluding carboxylic acids is 1. The molecule has 0 spiro atoms. The molecule has 0 radical (unpaired) electrons. The molecule has 0 aliphatic carbocycles. The normalized spacial score (nSPS) is 12.9. The zero-order chi connectivity index (χ0) is 11.1. The lowest BCUT2D eigenvalue weighted by molar-refractivity contribution is -0.115. The van der Waals surface area contributed by atoms with Gasteiger partial charge >= 0.3 is 0 Å².